The number of rotatable bonds is 17. The number of benzene rings is 2. The Morgan fingerprint density at radius 2 is 1.56 bits per heavy atom. The molecule has 1 aromatic heterocycles. The van der Waals surface area contributed by atoms with Crippen molar-refractivity contribution in [2.75, 3.05) is 5.33 Å². The zero-order chi connectivity index (χ0) is 25.6. The smallest absolute Gasteiger partial charge is 0.231 e. The minimum atomic E-state index is -0.536. The van der Waals surface area contributed by atoms with Crippen molar-refractivity contribution >= 4 is 39.4 Å². The Bertz CT molecular complexity index is 1060. The van der Waals surface area contributed by atoms with Crippen LogP contribution in [-0.2, 0) is 4.79 Å². The third-order valence-electron chi connectivity index (χ3n) is 6.12. The number of nitrogens with two attached hydrogens (primary N) is 1. The van der Waals surface area contributed by atoms with Crippen LogP contribution in [0.2, 0.25) is 0 Å². The lowest BCUT2D eigenvalue weighted by atomic mass is 9.89. The van der Waals surface area contributed by atoms with Crippen molar-refractivity contribution in [1.82, 2.24) is 20.2 Å². The summed E-state index contributed by atoms with van der Waals surface area (Å²) in [6.45, 7) is 0. The molecule has 2 unspecified atom stereocenters. The monoisotopic (exact) mass is 571 g/mol. The first-order valence-electron chi connectivity index (χ1n) is 12.5. The molecule has 36 heavy (non-hydrogen) atoms. The fraction of sp³-hybridized carbons (Fsp3) is 0.444. The van der Waals surface area contributed by atoms with Crippen molar-refractivity contribution in [2.24, 2.45) is 11.7 Å². The first-order chi connectivity index (χ1) is 17.6. The van der Waals surface area contributed by atoms with Gasteiger partial charge < -0.3 is 5.73 Å². The van der Waals surface area contributed by atoms with E-state index in [0.717, 1.165) is 30.3 Å². The van der Waals surface area contributed by atoms with Gasteiger partial charge in [-0.2, -0.15) is 4.68 Å². The second kappa shape index (κ2) is 15.6. The number of hydrogen-bond donors (Lipinski definition) is 1. The Balaban J connectivity index is 1.67. The summed E-state index contributed by atoms with van der Waals surface area (Å²) in [6, 6.07) is 18.9. The van der Waals surface area contributed by atoms with Gasteiger partial charge in [-0.1, -0.05) is 108 Å². The predicted molar refractivity (Wildman–Crippen MR) is 148 cm³/mol. The quantitative estimate of drug-likeness (QED) is 0.0919. The van der Waals surface area contributed by atoms with Gasteiger partial charge in [0.1, 0.15) is 0 Å². The molecule has 1 heterocycles. The fourth-order valence-corrected chi connectivity index (χ4v) is 5.64. The van der Waals surface area contributed by atoms with Gasteiger partial charge in [-0.15, -0.1) is 5.10 Å². The molecule has 2 N–H and O–H groups in total. The third kappa shape index (κ3) is 9.17. The topological polar surface area (TPSA) is 104 Å². The number of para-hydroxylation sites is 1. The number of ketones is 1. The largest absolute Gasteiger partial charge is 0.369 e. The second-order valence-corrected chi connectivity index (χ2v) is 10.9. The van der Waals surface area contributed by atoms with E-state index in [2.05, 4.69) is 31.5 Å². The van der Waals surface area contributed by atoms with Crippen LogP contribution in [0.3, 0.4) is 0 Å². The molecule has 9 heteroatoms. The van der Waals surface area contributed by atoms with Crippen molar-refractivity contribution in [3.8, 4) is 5.69 Å². The highest BCUT2D eigenvalue weighted by molar-refractivity contribution is 9.09. The van der Waals surface area contributed by atoms with Gasteiger partial charge in [0.15, 0.2) is 5.78 Å². The molecular weight excluding hydrogens is 538 g/mol. The lowest BCUT2D eigenvalue weighted by Gasteiger charge is -2.21. The number of amides is 1. The number of alkyl halides is 1. The number of unbranched alkanes of at least 4 members (excludes halogenated alkanes) is 5. The summed E-state index contributed by atoms with van der Waals surface area (Å²) in [5, 5.41) is 13.0. The number of tetrazole rings is 1. The molecule has 0 radical (unpaired) electrons. The van der Waals surface area contributed by atoms with Crippen molar-refractivity contribution in [3.05, 3.63) is 66.2 Å². The van der Waals surface area contributed by atoms with Crippen molar-refractivity contribution in [2.45, 2.75) is 68.2 Å². The Morgan fingerprint density at radius 1 is 0.917 bits per heavy atom. The van der Waals surface area contributed by atoms with Crippen LogP contribution in [0.15, 0.2) is 65.8 Å². The van der Waals surface area contributed by atoms with Crippen molar-refractivity contribution in [1.29, 1.82) is 0 Å². The van der Waals surface area contributed by atoms with E-state index >= 15 is 0 Å². The molecule has 0 saturated carbocycles. The number of primary amides is 1. The Morgan fingerprint density at radius 3 is 2.22 bits per heavy atom. The normalized spacial score (nSPS) is 12.8. The molecule has 2 aromatic carbocycles. The van der Waals surface area contributed by atoms with Crippen molar-refractivity contribution < 1.29 is 9.59 Å². The molecular formula is C27H34BrN5O2S. The molecule has 7 nitrogen and oxygen atoms in total. The Hall–Kier alpha value is -2.52. The fourth-order valence-electron chi connectivity index (χ4n) is 4.18. The Labute approximate surface area is 225 Å². The number of aromatic nitrogens is 4. The van der Waals surface area contributed by atoms with Crippen LogP contribution in [-0.4, -0.2) is 42.5 Å². The summed E-state index contributed by atoms with van der Waals surface area (Å²) in [5.74, 6) is -0.277. The maximum atomic E-state index is 13.0. The summed E-state index contributed by atoms with van der Waals surface area (Å²) in [5.41, 5.74) is 7.34. The minimum absolute atomic E-state index is 0.0475. The SMILES string of the molecule is NC(=O)C(CC(CCCCCCCCBr)CC(=O)c1ccccc1)Sc1nnnn1-c1ccccc1. The molecule has 0 saturated heterocycles. The van der Waals surface area contributed by atoms with Crippen LogP contribution in [0, 0.1) is 5.92 Å². The van der Waals surface area contributed by atoms with Crippen LogP contribution >= 0.6 is 27.7 Å². The number of thioether (sulfide) groups is 1. The second-order valence-electron chi connectivity index (χ2n) is 8.91. The zero-order valence-corrected chi connectivity index (χ0v) is 22.9. The van der Waals surface area contributed by atoms with Crippen molar-refractivity contribution in [3.63, 3.8) is 0 Å². The van der Waals surface area contributed by atoms with Crippen LogP contribution in [0.1, 0.15) is 68.1 Å². The summed E-state index contributed by atoms with van der Waals surface area (Å²) in [6.07, 6.45) is 8.77. The summed E-state index contributed by atoms with van der Waals surface area (Å²) < 4.78 is 1.61. The maximum absolute atomic E-state index is 13.0. The zero-order valence-electron chi connectivity index (χ0n) is 20.5. The van der Waals surface area contributed by atoms with E-state index in [1.807, 2.05) is 60.7 Å². The number of hydrogen-bond acceptors (Lipinski definition) is 6. The van der Waals surface area contributed by atoms with E-state index in [1.54, 1.807) is 4.68 Å². The maximum Gasteiger partial charge on any atom is 0.231 e. The standard InChI is InChI=1S/C27H34BrN5O2S/c28-18-12-4-2-1-3-7-13-21(19-24(34)22-14-8-5-9-15-22)20-25(26(29)35)36-27-30-31-32-33(27)23-16-10-6-11-17-23/h5-6,8-11,14-17,21,25H,1-4,7,12-13,18-20H2,(H2,29,35). The molecule has 192 valence electrons. The van der Waals surface area contributed by atoms with Crippen LogP contribution in [0.25, 0.3) is 5.69 Å². The molecule has 0 aliphatic heterocycles. The lowest BCUT2D eigenvalue weighted by molar-refractivity contribution is -0.117. The third-order valence-corrected chi connectivity index (χ3v) is 7.86. The molecule has 0 fully saturated rings. The number of carbonyl (C=O) groups excluding carboxylic acids is 2. The molecule has 2 atom stereocenters. The van der Waals surface area contributed by atoms with Crippen LogP contribution < -0.4 is 5.73 Å². The molecule has 0 bridgehead atoms. The van der Waals surface area contributed by atoms with E-state index in [9.17, 15) is 9.59 Å². The van der Waals surface area contributed by atoms with Gasteiger partial charge in [0, 0.05) is 17.3 Å². The van der Waals surface area contributed by atoms with Gasteiger partial charge in [0.2, 0.25) is 11.1 Å². The van der Waals surface area contributed by atoms with Gasteiger partial charge in [-0.05, 0) is 47.7 Å². The molecule has 3 aromatic rings. The number of nitrogens with zero attached hydrogens (tertiary/aromatic N) is 4. The summed E-state index contributed by atoms with van der Waals surface area (Å²) in [4.78, 5) is 25.5. The average molecular weight is 573 g/mol. The van der Waals surface area contributed by atoms with E-state index < -0.39 is 11.2 Å². The lowest BCUT2D eigenvalue weighted by Crippen LogP contribution is -2.29. The van der Waals surface area contributed by atoms with E-state index in [0.29, 0.717) is 23.6 Å². The molecule has 1 amide bonds. The Kier molecular flexibility index (Phi) is 12.1. The van der Waals surface area contributed by atoms with Gasteiger partial charge in [0.05, 0.1) is 10.9 Å². The van der Waals surface area contributed by atoms with E-state index in [1.165, 1.54) is 37.4 Å². The minimum Gasteiger partial charge on any atom is -0.369 e. The molecule has 3 rings (SSSR count). The molecule has 0 spiro atoms. The van der Waals surface area contributed by atoms with Crippen LogP contribution in [0.4, 0.5) is 0 Å². The highest BCUT2D eigenvalue weighted by atomic mass is 79.9. The summed E-state index contributed by atoms with van der Waals surface area (Å²) in [7, 11) is 0. The van der Waals surface area contributed by atoms with E-state index in [4.69, 9.17) is 5.73 Å². The number of carbonyl (C=O) groups is 2. The van der Waals surface area contributed by atoms with Crippen LogP contribution in [0.5, 0.6) is 0 Å². The first-order valence-corrected chi connectivity index (χ1v) is 14.5. The first kappa shape index (κ1) is 28.1. The highest BCUT2D eigenvalue weighted by Crippen LogP contribution is 2.31. The molecule has 0 aliphatic carbocycles. The van der Waals surface area contributed by atoms with Gasteiger partial charge in [-0.3, -0.25) is 9.59 Å². The molecule has 0 aliphatic rings. The van der Waals surface area contributed by atoms with E-state index in [-0.39, 0.29) is 11.7 Å². The number of Topliss-reactive ketones (excluding diaryl/α,β-unsaturated/α-hetero) is 1. The van der Waals surface area contributed by atoms with Gasteiger partial charge in [-0.25, -0.2) is 0 Å². The number of halogens is 1. The predicted octanol–water partition coefficient (Wildman–Crippen LogP) is 6.01. The highest BCUT2D eigenvalue weighted by Gasteiger charge is 2.26. The van der Waals surface area contributed by atoms with Gasteiger partial charge >= 0.3 is 0 Å². The summed E-state index contributed by atoms with van der Waals surface area (Å²) >= 11 is 4.75. The average Bonchev–Trinajstić information content (AvgIpc) is 3.36. The van der Waals surface area contributed by atoms with Gasteiger partial charge in [0.25, 0.3) is 0 Å².